The Labute approximate surface area is 129 Å². The predicted octanol–water partition coefficient (Wildman–Crippen LogP) is -1.14. The summed E-state index contributed by atoms with van der Waals surface area (Å²) < 4.78 is 0. The Kier molecular flexibility index (Phi) is 6.07. The molecule has 0 fully saturated rings. The van der Waals surface area contributed by atoms with Gasteiger partial charge in [-0.05, 0) is 17.8 Å². The summed E-state index contributed by atoms with van der Waals surface area (Å²) in [6, 6.07) is 5.77. The van der Waals surface area contributed by atoms with E-state index in [1.807, 2.05) is 0 Å². The Morgan fingerprint density at radius 1 is 1.33 bits per heavy atom. The summed E-state index contributed by atoms with van der Waals surface area (Å²) in [5, 5.41) is 2.30. The Hall–Kier alpha value is 0.342. The first kappa shape index (κ1) is 12.3. The third-order valence-electron chi connectivity index (χ3n) is 1.17. The molecular formula is C7H8CsN3O. The molecule has 0 radical (unpaired) electrons. The van der Waals surface area contributed by atoms with Crippen molar-refractivity contribution >= 4 is 17.4 Å². The maximum absolute atomic E-state index is 10.2. The van der Waals surface area contributed by atoms with E-state index in [0.717, 1.165) is 0 Å². The zero-order valence-electron chi connectivity index (χ0n) is 6.79. The molecular weight excluding hydrogens is 275 g/mol. The maximum atomic E-state index is 10.2. The van der Waals surface area contributed by atoms with Crippen LogP contribution in [0.5, 0.6) is 0 Å². The van der Waals surface area contributed by atoms with Gasteiger partial charge in [0.1, 0.15) is 0 Å². The van der Waals surface area contributed by atoms with E-state index in [9.17, 15) is 4.79 Å². The number of nitrogens with one attached hydrogen (secondary N) is 2. The molecule has 1 aromatic carbocycles. The average Bonchev–Trinajstić information content (AvgIpc) is 1.93. The molecule has 0 saturated heterocycles. The topological polar surface area (TPSA) is 78.9 Å². The van der Waals surface area contributed by atoms with Gasteiger partial charge in [0.25, 0.3) is 0 Å². The molecule has 4 nitrogen and oxygen atoms in total. The molecule has 0 atom stereocenters. The van der Waals surface area contributed by atoms with Crippen LogP contribution in [0.2, 0.25) is 0 Å². The summed E-state index contributed by atoms with van der Waals surface area (Å²) in [6.45, 7) is 0. The van der Waals surface area contributed by atoms with Gasteiger partial charge in [-0.1, -0.05) is 12.1 Å². The second-order valence-corrected chi connectivity index (χ2v) is 2.08. The van der Waals surface area contributed by atoms with E-state index in [4.69, 9.17) is 11.5 Å². The molecule has 4 N–H and O–H groups in total. The standard InChI is InChI=1S/C7H9N3O.Cs/c8-5-1-3-6(4-2-5)10-7(9)11;/h1-4H,8H2,(H3,9,10,11);/q;+1/p-1. The molecule has 0 aliphatic rings. The molecule has 0 heterocycles. The van der Waals surface area contributed by atoms with Crippen molar-refractivity contribution in [2.24, 2.45) is 0 Å². The first-order valence-corrected chi connectivity index (χ1v) is 3.06. The molecule has 0 unspecified atom stereocenters. The number of rotatable bonds is 1. The minimum atomic E-state index is -0.824. The molecule has 58 valence electrons. The summed E-state index contributed by atoms with van der Waals surface area (Å²) in [7, 11) is 0. The molecule has 2 amide bonds. The quantitative estimate of drug-likeness (QED) is 0.639. The van der Waals surface area contributed by atoms with E-state index in [0.29, 0.717) is 11.4 Å². The molecule has 0 aliphatic carbocycles. The Balaban J connectivity index is 0.00000121. The fraction of sp³-hybridized carbons (Fsp3) is 0. The summed E-state index contributed by atoms with van der Waals surface area (Å²) in [5.41, 5.74) is 13.2. The van der Waals surface area contributed by atoms with Crippen LogP contribution in [-0.4, -0.2) is 6.03 Å². The zero-order valence-corrected chi connectivity index (χ0v) is 13.1. The summed E-state index contributed by atoms with van der Waals surface area (Å²) in [5.74, 6) is 0. The molecule has 1 rings (SSSR count). The molecule has 12 heavy (non-hydrogen) atoms. The number of hydrogen-bond donors (Lipinski definition) is 2. The third-order valence-corrected chi connectivity index (χ3v) is 1.17. The minimum absolute atomic E-state index is 0. The number of benzene rings is 1. The SMILES string of the molecule is [Cs+].[NH-]C(=O)Nc1ccc(N)cc1. The van der Waals surface area contributed by atoms with Crippen molar-refractivity contribution in [3.05, 3.63) is 30.0 Å². The van der Waals surface area contributed by atoms with Crippen molar-refractivity contribution in [2.75, 3.05) is 11.1 Å². The van der Waals surface area contributed by atoms with Gasteiger partial charge in [0.2, 0.25) is 0 Å². The molecule has 0 aromatic heterocycles. The van der Waals surface area contributed by atoms with E-state index in [1.165, 1.54) is 0 Å². The predicted molar refractivity (Wildman–Crippen MR) is 44.2 cm³/mol. The fourth-order valence-electron chi connectivity index (χ4n) is 0.698. The number of nitrogens with two attached hydrogens (primary N) is 1. The Morgan fingerprint density at radius 3 is 2.25 bits per heavy atom. The van der Waals surface area contributed by atoms with Crippen LogP contribution in [0.25, 0.3) is 5.73 Å². The first-order valence-electron chi connectivity index (χ1n) is 3.06. The largest absolute Gasteiger partial charge is 1.00 e. The summed E-state index contributed by atoms with van der Waals surface area (Å²) >= 11 is 0. The number of carbonyl (C=O) groups is 1. The van der Waals surface area contributed by atoms with Crippen molar-refractivity contribution in [3.8, 4) is 0 Å². The summed E-state index contributed by atoms with van der Waals surface area (Å²) in [6.07, 6.45) is 0. The van der Waals surface area contributed by atoms with E-state index in [-0.39, 0.29) is 68.9 Å². The Bertz CT molecular complexity index is 260. The van der Waals surface area contributed by atoms with Gasteiger partial charge in [-0.2, -0.15) is 0 Å². The average molecular weight is 283 g/mol. The van der Waals surface area contributed by atoms with Crippen LogP contribution >= 0.6 is 0 Å². The molecule has 0 aliphatic heterocycles. The van der Waals surface area contributed by atoms with Crippen molar-refractivity contribution in [1.82, 2.24) is 0 Å². The van der Waals surface area contributed by atoms with E-state index in [2.05, 4.69) is 5.32 Å². The normalized spacial score (nSPS) is 8.33. The van der Waals surface area contributed by atoms with Crippen LogP contribution in [0.15, 0.2) is 24.3 Å². The van der Waals surface area contributed by atoms with Gasteiger partial charge in [-0.3, -0.25) is 4.79 Å². The smallest absolute Gasteiger partial charge is 0.447 e. The fourth-order valence-corrected chi connectivity index (χ4v) is 0.698. The van der Waals surface area contributed by atoms with Gasteiger partial charge < -0.3 is 16.8 Å². The van der Waals surface area contributed by atoms with Gasteiger partial charge in [0.15, 0.2) is 6.03 Å². The second-order valence-electron chi connectivity index (χ2n) is 2.08. The Morgan fingerprint density at radius 2 is 1.83 bits per heavy atom. The van der Waals surface area contributed by atoms with Crippen LogP contribution in [-0.2, 0) is 0 Å². The minimum Gasteiger partial charge on any atom is -0.447 e. The number of nitrogen functional groups attached to an aromatic ring is 1. The van der Waals surface area contributed by atoms with Gasteiger partial charge in [-0.25, -0.2) is 0 Å². The molecule has 0 bridgehead atoms. The molecule has 5 heteroatoms. The number of hydrogen-bond acceptors (Lipinski definition) is 2. The second kappa shape index (κ2) is 5.90. The van der Waals surface area contributed by atoms with Crippen molar-refractivity contribution < 1.29 is 73.7 Å². The number of carbonyl (C=O) groups excluding carboxylic acids is 1. The monoisotopic (exact) mass is 283 g/mol. The van der Waals surface area contributed by atoms with E-state index in [1.54, 1.807) is 24.3 Å². The summed E-state index contributed by atoms with van der Waals surface area (Å²) in [4.78, 5) is 10.2. The van der Waals surface area contributed by atoms with Crippen LogP contribution in [0.4, 0.5) is 16.2 Å². The van der Waals surface area contributed by atoms with Gasteiger partial charge in [0.05, 0.1) is 0 Å². The number of urea groups is 1. The van der Waals surface area contributed by atoms with Crippen LogP contribution < -0.4 is 79.9 Å². The first-order chi connectivity index (χ1) is 5.18. The van der Waals surface area contributed by atoms with Crippen LogP contribution in [0.1, 0.15) is 0 Å². The van der Waals surface area contributed by atoms with Crippen LogP contribution in [0, 0.1) is 0 Å². The number of amides is 2. The van der Waals surface area contributed by atoms with E-state index >= 15 is 0 Å². The maximum Gasteiger partial charge on any atom is 1.00 e. The van der Waals surface area contributed by atoms with Gasteiger partial charge in [0, 0.05) is 5.69 Å². The molecule has 1 aromatic rings. The zero-order chi connectivity index (χ0) is 8.27. The van der Waals surface area contributed by atoms with Crippen molar-refractivity contribution in [2.45, 2.75) is 0 Å². The van der Waals surface area contributed by atoms with Crippen molar-refractivity contribution in [1.29, 1.82) is 0 Å². The van der Waals surface area contributed by atoms with Crippen LogP contribution in [0.3, 0.4) is 0 Å². The van der Waals surface area contributed by atoms with Crippen molar-refractivity contribution in [3.63, 3.8) is 0 Å². The molecule has 0 saturated carbocycles. The molecule has 0 spiro atoms. The van der Waals surface area contributed by atoms with Gasteiger partial charge >= 0.3 is 68.9 Å². The van der Waals surface area contributed by atoms with E-state index < -0.39 is 6.03 Å². The van der Waals surface area contributed by atoms with Gasteiger partial charge in [-0.15, -0.1) is 0 Å². The number of anilines is 2. The third kappa shape index (κ3) is 4.39.